The van der Waals surface area contributed by atoms with Crippen molar-refractivity contribution < 1.29 is 8.42 Å². The number of rotatable bonds is 9. The molecule has 0 aliphatic carbocycles. The summed E-state index contributed by atoms with van der Waals surface area (Å²) in [5.41, 5.74) is 0. The lowest BCUT2D eigenvalue weighted by molar-refractivity contribution is 0.474. The molecule has 0 radical (unpaired) electrons. The van der Waals surface area contributed by atoms with Crippen LogP contribution in [0.25, 0.3) is 0 Å². The van der Waals surface area contributed by atoms with E-state index in [1.54, 1.807) is 18.2 Å². The molecule has 0 spiro atoms. The number of nitrogens with one attached hydrogen (secondary N) is 1. The summed E-state index contributed by atoms with van der Waals surface area (Å²) in [6.45, 7) is 13.2. The minimum Gasteiger partial charge on any atom is -0.312 e. The van der Waals surface area contributed by atoms with E-state index >= 15 is 0 Å². The molecule has 0 aliphatic heterocycles. The van der Waals surface area contributed by atoms with Crippen molar-refractivity contribution in [2.75, 3.05) is 19.6 Å². The fourth-order valence-corrected chi connectivity index (χ4v) is 4.77. The monoisotopic (exact) mass is 314 g/mol. The van der Waals surface area contributed by atoms with Gasteiger partial charge in [-0.25, -0.2) is 8.42 Å². The van der Waals surface area contributed by atoms with Gasteiger partial charge < -0.3 is 5.32 Å². The molecule has 0 aromatic carbocycles. The van der Waals surface area contributed by atoms with Crippen LogP contribution in [0, 0.1) is 6.92 Å². The van der Waals surface area contributed by atoms with Crippen molar-refractivity contribution in [1.29, 1.82) is 0 Å². The van der Waals surface area contributed by atoms with Crippen LogP contribution >= 0.6 is 11.3 Å². The van der Waals surface area contributed by atoms with Crippen LogP contribution in [-0.4, -0.2) is 32.4 Å². The molecule has 0 saturated carbocycles. The van der Waals surface area contributed by atoms with Crippen molar-refractivity contribution >= 4 is 21.4 Å². The second-order valence-electron chi connectivity index (χ2n) is 4.31. The fourth-order valence-electron chi connectivity index (χ4n) is 1.81. The highest BCUT2D eigenvalue weighted by atomic mass is 32.2. The number of nitrogens with zero attached hydrogens (tertiary/aromatic N) is 1. The van der Waals surface area contributed by atoms with Crippen LogP contribution in [0.15, 0.2) is 36.3 Å². The molecule has 0 bridgehead atoms. The first kappa shape index (κ1) is 17.1. The highest BCUT2D eigenvalue weighted by molar-refractivity contribution is 7.89. The predicted octanol–water partition coefficient (Wildman–Crippen LogP) is 2.53. The molecule has 1 aromatic rings. The molecule has 1 aromatic heterocycles. The van der Waals surface area contributed by atoms with Crippen molar-refractivity contribution in [1.82, 2.24) is 9.62 Å². The summed E-state index contributed by atoms with van der Waals surface area (Å²) in [7, 11) is -3.49. The van der Waals surface area contributed by atoms with Gasteiger partial charge >= 0.3 is 0 Å². The number of sulfonamides is 1. The number of hydrogen-bond acceptors (Lipinski definition) is 4. The Morgan fingerprint density at radius 1 is 1.35 bits per heavy atom. The van der Waals surface area contributed by atoms with Gasteiger partial charge in [-0.15, -0.1) is 24.5 Å². The summed E-state index contributed by atoms with van der Waals surface area (Å²) in [6.07, 6.45) is 3.17. The first-order valence-corrected chi connectivity index (χ1v) is 8.75. The molecule has 4 nitrogen and oxygen atoms in total. The van der Waals surface area contributed by atoms with E-state index in [1.165, 1.54) is 15.6 Å². The Balaban J connectivity index is 3.09. The number of aryl methyl sites for hydroxylation is 1. The summed E-state index contributed by atoms with van der Waals surface area (Å²) in [4.78, 5) is 2.23. The summed E-state index contributed by atoms with van der Waals surface area (Å²) in [5, 5.41) is 3.21. The van der Waals surface area contributed by atoms with Gasteiger partial charge in [-0.05, 0) is 19.5 Å². The van der Waals surface area contributed by atoms with Gasteiger partial charge in [0.15, 0.2) is 0 Å². The SMILES string of the molecule is C=CCN(CC=C)S(=O)(=O)c1cc(CNCC)sc1C. The highest BCUT2D eigenvalue weighted by Crippen LogP contribution is 2.28. The van der Waals surface area contributed by atoms with E-state index in [0.29, 0.717) is 11.4 Å². The van der Waals surface area contributed by atoms with E-state index < -0.39 is 10.0 Å². The van der Waals surface area contributed by atoms with E-state index in [4.69, 9.17) is 0 Å². The Labute approximate surface area is 125 Å². The zero-order chi connectivity index (χ0) is 15.2. The van der Waals surface area contributed by atoms with Gasteiger partial charge in [0.1, 0.15) is 0 Å². The van der Waals surface area contributed by atoms with E-state index in [-0.39, 0.29) is 13.1 Å². The van der Waals surface area contributed by atoms with Gasteiger partial charge in [0, 0.05) is 29.4 Å². The Hall–Kier alpha value is -0.950. The summed E-state index contributed by atoms with van der Waals surface area (Å²) >= 11 is 1.51. The Bertz CT molecular complexity index is 552. The molecule has 0 unspecified atom stereocenters. The van der Waals surface area contributed by atoms with Crippen LogP contribution in [-0.2, 0) is 16.6 Å². The molecule has 112 valence electrons. The second-order valence-corrected chi connectivity index (χ2v) is 7.56. The zero-order valence-corrected chi connectivity index (χ0v) is 13.7. The largest absolute Gasteiger partial charge is 0.312 e. The molecule has 20 heavy (non-hydrogen) atoms. The van der Waals surface area contributed by atoms with E-state index in [0.717, 1.165) is 16.3 Å². The van der Waals surface area contributed by atoms with Crippen LogP contribution < -0.4 is 5.32 Å². The van der Waals surface area contributed by atoms with Crippen LogP contribution in [0.3, 0.4) is 0 Å². The zero-order valence-electron chi connectivity index (χ0n) is 12.1. The van der Waals surface area contributed by atoms with Crippen LogP contribution in [0.2, 0.25) is 0 Å². The third-order valence-electron chi connectivity index (χ3n) is 2.76. The van der Waals surface area contributed by atoms with Gasteiger partial charge in [0.05, 0.1) is 4.90 Å². The van der Waals surface area contributed by atoms with Gasteiger partial charge in [0.2, 0.25) is 10.0 Å². The molecule has 0 fully saturated rings. The summed E-state index contributed by atoms with van der Waals surface area (Å²) in [5.74, 6) is 0. The lowest BCUT2D eigenvalue weighted by atomic mass is 10.4. The van der Waals surface area contributed by atoms with Crippen molar-refractivity contribution in [3.05, 3.63) is 41.1 Å². The van der Waals surface area contributed by atoms with Crippen LogP contribution in [0.5, 0.6) is 0 Å². The van der Waals surface area contributed by atoms with Gasteiger partial charge in [0.25, 0.3) is 0 Å². The predicted molar refractivity (Wildman–Crippen MR) is 85.6 cm³/mol. The molecule has 1 rings (SSSR count). The molecule has 0 aliphatic rings. The second kappa shape index (κ2) is 7.73. The molecule has 6 heteroatoms. The van der Waals surface area contributed by atoms with Gasteiger partial charge in [-0.3, -0.25) is 0 Å². The fraction of sp³-hybridized carbons (Fsp3) is 0.429. The minimum absolute atomic E-state index is 0.284. The molecular formula is C14H22N2O2S2. The molecule has 0 amide bonds. The molecule has 0 atom stereocenters. The first-order valence-electron chi connectivity index (χ1n) is 6.49. The minimum atomic E-state index is -3.49. The van der Waals surface area contributed by atoms with Gasteiger partial charge in [-0.2, -0.15) is 4.31 Å². The summed E-state index contributed by atoms with van der Waals surface area (Å²) < 4.78 is 26.6. The van der Waals surface area contributed by atoms with Crippen molar-refractivity contribution in [2.45, 2.75) is 25.3 Å². The first-order chi connectivity index (χ1) is 9.47. The maximum atomic E-state index is 12.6. The maximum absolute atomic E-state index is 12.6. The number of thiophene rings is 1. The van der Waals surface area contributed by atoms with Crippen LogP contribution in [0.4, 0.5) is 0 Å². The standard InChI is InChI=1S/C14H22N2O2S2/c1-5-8-16(9-6-2)20(17,18)14-10-13(11-15-7-3)19-12(14)4/h5-6,10,15H,1-2,7-9,11H2,3-4H3. The summed E-state index contributed by atoms with van der Waals surface area (Å²) in [6, 6.07) is 1.76. The quantitative estimate of drug-likeness (QED) is 0.713. The normalized spacial score (nSPS) is 11.8. The highest BCUT2D eigenvalue weighted by Gasteiger charge is 2.26. The average Bonchev–Trinajstić information content (AvgIpc) is 2.78. The lowest BCUT2D eigenvalue weighted by Crippen LogP contribution is -2.31. The Morgan fingerprint density at radius 3 is 2.45 bits per heavy atom. The maximum Gasteiger partial charge on any atom is 0.244 e. The number of hydrogen-bond donors (Lipinski definition) is 1. The third-order valence-corrected chi connectivity index (χ3v) is 5.89. The topological polar surface area (TPSA) is 49.4 Å². The van der Waals surface area contributed by atoms with Crippen LogP contribution in [0.1, 0.15) is 16.7 Å². The molecular weight excluding hydrogens is 292 g/mol. The van der Waals surface area contributed by atoms with E-state index in [9.17, 15) is 8.42 Å². The molecule has 1 N–H and O–H groups in total. The molecule has 0 saturated heterocycles. The lowest BCUT2D eigenvalue weighted by Gasteiger charge is -2.18. The van der Waals surface area contributed by atoms with Crippen molar-refractivity contribution in [3.63, 3.8) is 0 Å². The van der Waals surface area contributed by atoms with Gasteiger partial charge in [-0.1, -0.05) is 19.1 Å². The van der Waals surface area contributed by atoms with Crippen molar-refractivity contribution in [3.8, 4) is 0 Å². The van der Waals surface area contributed by atoms with Crippen molar-refractivity contribution in [2.24, 2.45) is 0 Å². The third kappa shape index (κ3) is 4.02. The average molecular weight is 314 g/mol. The molecule has 1 heterocycles. The Kier molecular flexibility index (Phi) is 6.61. The van der Waals surface area contributed by atoms with E-state index in [1.807, 2.05) is 13.8 Å². The Morgan fingerprint density at radius 2 is 1.95 bits per heavy atom. The smallest absolute Gasteiger partial charge is 0.244 e. The van der Waals surface area contributed by atoms with E-state index in [2.05, 4.69) is 18.5 Å².